The summed E-state index contributed by atoms with van der Waals surface area (Å²) in [7, 11) is 3.86. The average Bonchev–Trinajstić information content (AvgIpc) is 2.32. The Morgan fingerprint density at radius 2 is 1.82 bits per heavy atom. The van der Waals surface area contributed by atoms with Crippen molar-refractivity contribution in [3.05, 3.63) is 35.4 Å². The standard InChI is InChI=1S/C14H24N2O/c1-12(11-17-3)16(2)10-14-6-4-13(5-7-14)8-9-15/h4-7,12H,8-11,15H2,1-3H3. The highest BCUT2D eigenvalue weighted by Gasteiger charge is 2.08. The van der Waals surface area contributed by atoms with E-state index in [1.54, 1.807) is 7.11 Å². The van der Waals surface area contributed by atoms with Gasteiger partial charge in [-0.2, -0.15) is 0 Å². The second-order valence-electron chi connectivity index (χ2n) is 4.57. The summed E-state index contributed by atoms with van der Waals surface area (Å²) in [5.41, 5.74) is 8.17. The molecule has 0 aliphatic heterocycles. The lowest BCUT2D eigenvalue weighted by atomic mass is 10.1. The molecule has 1 rings (SSSR count). The Morgan fingerprint density at radius 1 is 1.24 bits per heavy atom. The molecule has 3 heteroatoms. The number of nitrogens with zero attached hydrogens (tertiary/aromatic N) is 1. The number of methoxy groups -OCH3 is 1. The third kappa shape index (κ3) is 4.86. The quantitative estimate of drug-likeness (QED) is 0.782. The first-order chi connectivity index (χ1) is 8.17. The number of ether oxygens (including phenoxy) is 1. The Kier molecular flexibility index (Phi) is 6.19. The van der Waals surface area contributed by atoms with Crippen LogP contribution in [0.4, 0.5) is 0 Å². The SMILES string of the molecule is COCC(C)N(C)Cc1ccc(CCN)cc1. The van der Waals surface area contributed by atoms with Crippen molar-refractivity contribution in [2.24, 2.45) is 5.73 Å². The lowest BCUT2D eigenvalue weighted by molar-refractivity contribution is 0.112. The number of nitrogens with two attached hydrogens (primary N) is 1. The molecule has 17 heavy (non-hydrogen) atoms. The molecule has 0 aliphatic carbocycles. The highest BCUT2D eigenvalue weighted by Crippen LogP contribution is 2.09. The number of rotatable bonds is 7. The lowest BCUT2D eigenvalue weighted by Gasteiger charge is -2.24. The molecule has 0 saturated carbocycles. The van der Waals surface area contributed by atoms with Gasteiger partial charge in [0.1, 0.15) is 0 Å². The lowest BCUT2D eigenvalue weighted by Crippen LogP contribution is -2.32. The molecule has 0 fully saturated rings. The normalized spacial score (nSPS) is 13.0. The Labute approximate surface area is 105 Å². The number of likely N-dealkylation sites (N-methyl/N-ethyl adjacent to an activating group) is 1. The van der Waals surface area contributed by atoms with Gasteiger partial charge in [0, 0.05) is 19.7 Å². The number of benzene rings is 1. The maximum atomic E-state index is 5.53. The first kappa shape index (κ1) is 14.2. The molecule has 0 heterocycles. The van der Waals surface area contributed by atoms with Crippen LogP contribution in [0.15, 0.2) is 24.3 Å². The first-order valence-electron chi connectivity index (χ1n) is 6.14. The van der Waals surface area contributed by atoms with Gasteiger partial charge in [-0.1, -0.05) is 24.3 Å². The fourth-order valence-corrected chi connectivity index (χ4v) is 1.79. The number of hydrogen-bond donors (Lipinski definition) is 1. The molecule has 0 aromatic heterocycles. The molecule has 3 nitrogen and oxygen atoms in total. The van der Waals surface area contributed by atoms with Gasteiger partial charge >= 0.3 is 0 Å². The van der Waals surface area contributed by atoms with Crippen LogP contribution in [0.3, 0.4) is 0 Å². The molecule has 0 saturated heterocycles. The van der Waals surface area contributed by atoms with Crippen LogP contribution in [0, 0.1) is 0 Å². The third-order valence-electron chi connectivity index (χ3n) is 3.05. The largest absolute Gasteiger partial charge is 0.383 e. The van der Waals surface area contributed by atoms with Crippen LogP contribution >= 0.6 is 0 Å². The van der Waals surface area contributed by atoms with Crippen molar-refractivity contribution in [3.63, 3.8) is 0 Å². The van der Waals surface area contributed by atoms with E-state index in [0.29, 0.717) is 12.6 Å². The van der Waals surface area contributed by atoms with Crippen LogP contribution in [0.2, 0.25) is 0 Å². The van der Waals surface area contributed by atoms with E-state index < -0.39 is 0 Å². The second kappa shape index (κ2) is 7.43. The van der Waals surface area contributed by atoms with E-state index in [1.165, 1.54) is 11.1 Å². The van der Waals surface area contributed by atoms with Gasteiger partial charge in [-0.3, -0.25) is 4.90 Å². The van der Waals surface area contributed by atoms with Crippen LogP contribution < -0.4 is 5.73 Å². The average molecular weight is 236 g/mol. The van der Waals surface area contributed by atoms with Crippen molar-refractivity contribution in [2.75, 3.05) is 27.3 Å². The van der Waals surface area contributed by atoms with Crippen molar-refractivity contribution in [1.82, 2.24) is 4.90 Å². The predicted molar refractivity (Wildman–Crippen MR) is 72.0 cm³/mol. The van der Waals surface area contributed by atoms with Crippen LogP contribution in [0.1, 0.15) is 18.1 Å². The van der Waals surface area contributed by atoms with Crippen molar-refractivity contribution in [1.29, 1.82) is 0 Å². The monoisotopic (exact) mass is 236 g/mol. The Hall–Kier alpha value is -0.900. The summed E-state index contributed by atoms with van der Waals surface area (Å²) < 4.78 is 5.16. The second-order valence-corrected chi connectivity index (χ2v) is 4.57. The molecule has 96 valence electrons. The molecule has 1 aromatic carbocycles. The zero-order valence-electron chi connectivity index (χ0n) is 11.1. The van der Waals surface area contributed by atoms with Gasteiger partial charge in [0.25, 0.3) is 0 Å². The Morgan fingerprint density at radius 3 is 2.35 bits per heavy atom. The smallest absolute Gasteiger partial charge is 0.0615 e. The van der Waals surface area contributed by atoms with Crippen molar-refractivity contribution < 1.29 is 4.74 Å². The molecule has 0 radical (unpaired) electrons. The van der Waals surface area contributed by atoms with E-state index >= 15 is 0 Å². The molecule has 0 spiro atoms. The maximum absolute atomic E-state index is 5.53. The van der Waals surface area contributed by atoms with E-state index in [2.05, 4.69) is 43.1 Å². The molecular formula is C14H24N2O. The predicted octanol–water partition coefficient (Wildman–Crippen LogP) is 1.65. The van der Waals surface area contributed by atoms with E-state index in [4.69, 9.17) is 10.5 Å². The van der Waals surface area contributed by atoms with E-state index in [0.717, 1.165) is 19.6 Å². The summed E-state index contributed by atoms with van der Waals surface area (Å²) in [6.45, 7) is 4.60. The van der Waals surface area contributed by atoms with Crippen molar-refractivity contribution in [2.45, 2.75) is 25.9 Å². The third-order valence-corrected chi connectivity index (χ3v) is 3.05. The van der Waals surface area contributed by atoms with Gasteiger partial charge in [0.15, 0.2) is 0 Å². The summed E-state index contributed by atoms with van der Waals surface area (Å²) in [4.78, 5) is 2.29. The van der Waals surface area contributed by atoms with Gasteiger partial charge in [-0.05, 0) is 38.1 Å². The summed E-state index contributed by atoms with van der Waals surface area (Å²) >= 11 is 0. The van der Waals surface area contributed by atoms with Gasteiger partial charge in [0.2, 0.25) is 0 Å². The Balaban J connectivity index is 2.50. The zero-order chi connectivity index (χ0) is 12.7. The molecular weight excluding hydrogens is 212 g/mol. The minimum absolute atomic E-state index is 0.434. The van der Waals surface area contributed by atoms with Crippen molar-refractivity contribution in [3.8, 4) is 0 Å². The molecule has 0 amide bonds. The van der Waals surface area contributed by atoms with Crippen molar-refractivity contribution >= 4 is 0 Å². The molecule has 1 unspecified atom stereocenters. The molecule has 0 bridgehead atoms. The Bertz CT molecular complexity index is 311. The van der Waals surface area contributed by atoms with E-state index in [1.807, 2.05) is 0 Å². The van der Waals surface area contributed by atoms with E-state index in [-0.39, 0.29) is 0 Å². The van der Waals surface area contributed by atoms with Gasteiger partial charge < -0.3 is 10.5 Å². The van der Waals surface area contributed by atoms with Gasteiger partial charge in [-0.15, -0.1) is 0 Å². The highest BCUT2D eigenvalue weighted by molar-refractivity contribution is 5.22. The van der Waals surface area contributed by atoms with Gasteiger partial charge in [-0.25, -0.2) is 0 Å². The van der Waals surface area contributed by atoms with Gasteiger partial charge in [0.05, 0.1) is 6.61 Å². The van der Waals surface area contributed by atoms with E-state index in [9.17, 15) is 0 Å². The highest BCUT2D eigenvalue weighted by atomic mass is 16.5. The molecule has 1 aromatic rings. The van der Waals surface area contributed by atoms with Crippen LogP contribution in [0.5, 0.6) is 0 Å². The zero-order valence-corrected chi connectivity index (χ0v) is 11.1. The van der Waals surface area contributed by atoms with Crippen LogP contribution in [0.25, 0.3) is 0 Å². The first-order valence-corrected chi connectivity index (χ1v) is 6.14. The minimum Gasteiger partial charge on any atom is -0.383 e. The number of hydrogen-bond acceptors (Lipinski definition) is 3. The maximum Gasteiger partial charge on any atom is 0.0615 e. The minimum atomic E-state index is 0.434. The summed E-state index contributed by atoms with van der Waals surface area (Å²) in [5.74, 6) is 0. The summed E-state index contributed by atoms with van der Waals surface area (Å²) in [6.07, 6.45) is 0.955. The summed E-state index contributed by atoms with van der Waals surface area (Å²) in [5, 5.41) is 0. The molecule has 2 N–H and O–H groups in total. The van der Waals surface area contributed by atoms with Crippen LogP contribution in [-0.4, -0.2) is 38.3 Å². The fourth-order valence-electron chi connectivity index (χ4n) is 1.79. The molecule has 1 atom stereocenters. The van der Waals surface area contributed by atoms with Crippen LogP contribution in [-0.2, 0) is 17.7 Å². The molecule has 0 aliphatic rings. The fraction of sp³-hybridized carbons (Fsp3) is 0.571. The topological polar surface area (TPSA) is 38.5 Å². The summed E-state index contributed by atoms with van der Waals surface area (Å²) in [6, 6.07) is 9.12.